The molecule has 160 valence electrons. The van der Waals surface area contributed by atoms with Gasteiger partial charge in [0.25, 0.3) is 0 Å². The van der Waals surface area contributed by atoms with E-state index >= 15 is 0 Å². The van der Waals surface area contributed by atoms with Gasteiger partial charge < -0.3 is 40.2 Å². The first-order valence-electron chi connectivity index (χ1n) is 9.75. The molecule has 2 aliphatic heterocycles. The number of amides is 1. The second-order valence-corrected chi connectivity index (χ2v) is 7.74. The lowest BCUT2D eigenvalue weighted by molar-refractivity contribution is -0.141. The number of likely N-dealkylation sites (tertiary alicyclic amines) is 1. The summed E-state index contributed by atoms with van der Waals surface area (Å²) in [5.41, 5.74) is 7.18. The van der Waals surface area contributed by atoms with Crippen molar-refractivity contribution in [1.82, 2.24) is 9.88 Å². The topological polar surface area (TPSA) is 158 Å². The molecule has 2 aliphatic rings. The number of ether oxygens (including phenoxy) is 1. The van der Waals surface area contributed by atoms with Gasteiger partial charge in [-0.2, -0.15) is 0 Å². The monoisotopic (exact) mass is 416 g/mol. The van der Waals surface area contributed by atoms with Gasteiger partial charge in [-0.05, 0) is 30.2 Å². The van der Waals surface area contributed by atoms with Crippen LogP contribution in [-0.4, -0.2) is 68.9 Å². The summed E-state index contributed by atoms with van der Waals surface area (Å²) >= 11 is 0. The first-order valence-corrected chi connectivity index (χ1v) is 9.75. The van der Waals surface area contributed by atoms with Crippen molar-refractivity contribution in [2.45, 2.75) is 31.3 Å². The van der Waals surface area contributed by atoms with Crippen LogP contribution in [-0.2, 0) is 17.6 Å². The highest BCUT2D eigenvalue weighted by atomic mass is 16.6. The number of hydrogen-bond donors (Lipinski definition) is 5. The first-order chi connectivity index (χ1) is 14.2. The van der Waals surface area contributed by atoms with Crippen molar-refractivity contribution < 1.29 is 34.1 Å². The molecule has 0 radical (unpaired) electrons. The van der Waals surface area contributed by atoms with Gasteiger partial charge >= 0.3 is 12.7 Å². The number of hydrogen-bond acceptors (Lipinski definition) is 7. The first kappa shape index (κ1) is 20.3. The highest BCUT2D eigenvalue weighted by Gasteiger charge is 2.37. The van der Waals surface area contributed by atoms with Crippen LogP contribution in [0.25, 0.3) is 0 Å². The summed E-state index contributed by atoms with van der Waals surface area (Å²) in [5, 5.41) is 29.2. The predicted octanol–water partition coefficient (Wildman–Crippen LogP) is -0.269. The molecule has 0 saturated carbocycles. The lowest BCUT2D eigenvalue weighted by atomic mass is 9.70. The molecule has 1 saturated heterocycles. The highest BCUT2D eigenvalue weighted by Crippen LogP contribution is 2.38. The van der Waals surface area contributed by atoms with Crippen LogP contribution in [0.15, 0.2) is 30.5 Å². The summed E-state index contributed by atoms with van der Waals surface area (Å²) < 4.78 is 10.9. The third kappa shape index (κ3) is 3.99. The molecule has 6 N–H and O–H groups in total. The Kier molecular flexibility index (Phi) is 5.18. The number of carboxylic acids is 1. The molecule has 0 spiro atoms. The maximum Gasteiger partial charge on any atom is 0.430 e. The van der Waals surface area contributed by atoms with E-state index in [1.807, 2.05) is 12.1 Å². The van der Waals surface area contributed by atoms with E-state index in [-0.39, 0.29) is 48.8 Å². The van der Waals surface area contributed by atoms with Gasteiger partial charge in [0.2, 0.25) is 5.91 Å². The SMILES string of the molecule is N[C@@H](Cc1ccc[nH]1)C(=O)N1CC(Oc2ccc3c(c2C(=O)O)O[B-](O)(O)CC3)C1. The van der Waals surface area contributed by atoms with Crippen molar-refractivity contribution in [1.29, 1.82) is 0 Å². The summed E-state index contributed by atoms with van der Waals surface area (Å²) in [7, 11) is 0. The van der Waals surface area contributed by atoms with E-state index in [1.165, 1.54) is 6.07 Å². The predicted molar refractivity (Wildman–Crippen MR) is 106 cm³/mol. The maximum atomic E-state index is 12.5. The number of benzene rings is 1. The molecule has 0 aliphatic carbocycles. The maximum absolute atomic E-state index is 12.5. The Morgan fingerprint density at radius 2 is 2.10 bits per heavy atom. The fraction of sp³-hybridized carbons (Fsp3) is 0.368. The Bertz CT molecular complexity index is 957. The van der Waals surface area contributed by atoms with E-state index in [9.17, 15) is 24.7 Å². The van der Waals surface area contributed by atoms with E-state index in [1.54, 1.807) is 17.2 Å². The zero-order valence-electron chi connectivity index (χ0n) is 16.2. The number of aromatic nitrogens is 1. The fourth-order valence-corrected chi connectivity index (χ4v) is 3.76. The van der Waals surface area contributed by atoms with Gasteiger partial charge in [0.05, 0.1) is 24.9 Å². The van der Waals surface area contributed by atoms with Crippen LogP contribution in [0.4, 0.5) is 0 Å². The molecular weight excluding hydrogens is 393 g/mol. The van der Waals surface area contributed by atoms with Crippen LogP contribution in [0.3, 0.4) is 0 Å². The molecule has 11 heteroatoms. The normalized spacial score (nSPS) is 18.7. The largest absolute Gasteiger partial charge is 0.669 e. The number of nitrogens with one attached hydrogen (secondary N) is 1. The zero-order chi connectivity index (χ0) is 21.5. The molecule has 1 fully saturated rings. The number of nitrogens with zero attached hydrogens (tertiary/aromatic N) is 1. The Morgan fingerprint density at radius 3 is 2.77 bits per heavy atom. The average Bonchev–Trinajstić information content (AvgIpc) is 3.15. The Labute approximate surface area is 172 Å². The van der Waals surface area contributed by atoms with Gasteiger partial charge in [-0.3, -0.25) is 4.79 Å². The second-order valence-electron chi connectivity index (χ2n) is 7.74. The van der Waals surface area contributed by atoms with Crippen LogP contribution >= 0.6 is 0 Å². The van der Waals surface area contributed by atoms with Crippen LogP contribution in [0, 0.1) is 0 Å². The molecule has 30 heavy (non-hydrogen) atoms. The molecule has 1 amide bonds. The summed E-state index contributed by atoms with van der Waals surface area (Å²) in [4.78, 5) is 28.8. The van der Waals surface area contributed by atoms with Crippen LogP contribution in [0.1, 0.15) is 21.6 Å². The number of carbonyl (C=O) groups excluding carboxylic acids is 1. The molecule has 0 unspecified atom stereocenters. The number of rotatable bonds is 6. The van der Waals surface area contributed by atoms with E-state index in [0.717, 1.165) is 5.69 Å². The standard InChI is InChI=1S/C19H23BN3O7/c21-14(8-12-2-1-7-22-12)18(24)23-9-13(10-23)29-15-4-3-11-5-6-20(27,28)30-17(11)16(15)19(25)26/h1-4,7,13-14,22,27-28H,5-6,8-10,21H2,(H,25,26)/q-1/t14-/m0/s1. The van der Waals surface area contributed by atoms with Crippen molar-refractivity contribution in [2.75, 3.05) is 13.1 Å². The third-order valence-corrected chi connectivity index (χ3v) is 5.38. The minimum Gasteiger partial charge on any atom is -0.669 e. The zero-order valence-corrected chi connectivity index (χ0v) is 16.2. The minimum absolute atomic E-state index is 0.00526. The van der Waals surface area contributed by atoms with Crippen LogP contribution in [0.5, 0.6) is 11.5 Å². The highest BCUT2D eigenvalue weighted by molar-refractivity contribution is 6.59. The molecule has 2 aromatic rings. The van der Waals surface area contributed by atoms with Crippen molar-refractivity contribution >= 4 is 18.6 Å². The number of carboxylic acid groups (broad SMARTS) is 1. The molecular formula is C19H23BN3O7-. The lowest BCUT2D eigenvalue weighted by Crippen LogP contribution is -2.60. The molecule has 1 atom stereocenters. The van der Waals surface area contributed by atoms with Gasteiger partial charge in [0, 0.05) is 18.3 Å². The van der Waals surface area contributed by atoms with Crippen molar-refractivity contribution in [3.05, 3.63) is 47.3 Å². The third-order valence-electron chi connectivity index (χ3n) is 5.38. The van der Waals surface area contributed by atoms with E-state index < -0.39 is 24.9 Å². The molecule has 0 bridgehead atoms. The number of carbonyl (C=O) groups is 2. The number of fused-ring (bicyclic) bond motifs is 1. The number of H-pyrrole nitrogens is 1. The summed E-state index contributed by atoms with van der Waals surface area (Å²) in [6.45, 7) is -2.54. The summed E-state index contributed by atoms with van der Waals surface area (Å²) in [6, 6.07) is 6.19. The lowest BCUT2D eigenvalue weighted by Gasteiger charge is -2.41. The number of aromatic amines is 1. The molecule has 1 aromatic heterocycles. The smallest absolute Gasteiger partial charge is 0.430 e. The van der Waals surface area contributed by atoms with Crippen LogP contribution < -0.4 is 15.1 Å². The van der Waals surface area contributed by atoms with Gasteiger partial charge in [-0.25, -0.2) is 4.79 Å². The molecule has 10 nitrogen and oxygen atoms in total. The molecule has 1 aromatic carbocycles. The number of aryl methyl sites for hydroxylation is 1. The molecule has 4 rings (SSSR count). The van der Waals surface area contributed by atoms with Crippen molar-refractivity contribution in [3.63, 3.8) is 0 Å². The number of aromatic carboxylic acids is 1. The Balaban J connectivity index is 1.41. The van der Waals surface area contributed by atoms with E-state index in [0.29, 0.717) is 12.0 Å². The van der Waals surface area contributed by atoms with Gasteiger partial charge in [0.15, 0.2) is 0 Å². The quantitative estimate of drug-likeness (QED) is 0.403. The Hall–Kier alpha value is -3.02. The minimum atomic E-state index is -3.10. The fourth-order valence-electron chi connectivity index (χ4n) is 3.76. The average molecular weight is 416 g/mol. The molecule has 3 heterocycles. The Morgan fingerprint density at radius 1 is 1.33 bits per heavy atom. The second kappa shape index (κ2) is 7.67. The van der Waals surface area contributed by atoms with Gasteiger partial charge in [0.1, 0.15) is 17.4 Å². The van der Waals surface area contributed by atoms with E-state index in [4.69, 9.17) is 15.1 Å². The van der Waals surface area contributed by atoms with Crippen LogP contribution in [0.2, 0.25) is 6.32 Å². The summed E-state index contributed by atoms with van der Waals surface area (Å²) in [5.74, 6) is -1.53. The van der Waals surface area contributed by atoms with E-state index in [2.05, 4.69) is 4.98 Å². The summed E-state index contributed by atoms with van der Waals surface area (Å²) in [6.07, 6.45) is 2.04. The van der Waals surface area contributed by atoms with Gasteiger partial charge in [-0.15, -0.1) is 0 Å². The number of nitrogens with two attached hydrogens (primary N) is 1. The van der Waals surface area contributed by atoms with Crippen molar-refractivity contribution in [3.8, 4) is 11.5 Å². The van der Waals surface area contributed by atoms with Crippen molar-refractivity contribution in [2.24, 2.45) is 5.73 Å². The van der Waals surface area contributed by atoms with Gasteiger partial charge in [-0.1, -0.05) is 12.4 Å².